The fraction of sp³-hybridized carbons (Fsp3) is 0.250. The Kier molecular flexibility index (Phi) is 3.53. The van der Waals surface area contributed by atoms with Crippen LogP contribution < -0.4 is 16.4 Å². The molecule has 1 fully saturated rings. The molecule has 3 heterocycles. The normalized spacial score (nSPS) is 13.9. The van der Waals surface area contributed by atoms with Crippen LogP contribution in [0.25, 0.3) is 21.5 Å². The second-order valence-corrected chi connectivity index (χ2v) is 6.66. The zero-order chi connectivity index (χ0) is 16.7. The van der Waals surface area contributed by atoms with E-state index in [1.807, 2.05) is 12.1 Å². The molecule has 0 aromatic carbocycles. The van der Waals surface area contributed by atoms with Crippen molar-refractivity contribution in [3.63, 3.8) is 0 Å². The number of amides is 1. The van der Waals surface area contributed by atoms with Crippen LogP contribution in [0.5, 0.6) is 0 Å². The Morgan fingerprint density at radius 2 is 2.21 bits per heavy atom. The number of carbonyl (C=O) groups is 1. The van der Waals surface area contributed by atoms with Crippen molar-refractivity contribution in [2.75, 3.05) is 18.1 Å². The Bertz CT molecular complexity index is 919. The molecule has 7 nitrogen and oxygen atoms in total. The first-order chi connectivity index (χ1) is 11.7. The number of thiophene rings is 1. The number of nitrogens with two attached hydrogens (primary N) is 1. The molecule has 8 heteroatoms. The number of hydrogen-bond acceptors (Lipinski definition) is 7. The maximum absolute atomic E-state index is 12.1. The molecule has 1 aliphatic rings. The SMILES string of the molecule is CNC(=O)c1sc2nc(NC3CC3)nc(-c3cccnc3)c2c1N. The van der Waals surface area contributed by atoms with Crippen LogP contribution in [0.3, 0.4) is 0 Å². The first kappa shape index (κ1) is 14.8. The third-order valence-corrected chi connectivity index (χ3v) is 4.97. The average Bonchev–Trinajstić information content (AvgIpc) is 3.36. The maximum Gasteiger partial charge on any atom is 0.263 e. The van der Waals surface area contributed by atoms with Gasteiger partial charge in [-0.05, 0) is 25.0 Å². The van der Waals surface area contributed by atoms with Crippen LogP contribution in [0.4, 0.5) is 11.6 Å². The van der Waals surface area contributed by atoms with E-state index in [9.17, 15) is 4.79 Å². The summed E-state index contributed by atoms with van der Waals surface area (Å²) in [6.07, 6.45) is 5.69. The number of anilines is 2. The summed E-state index contributed by atoms with van der Waals surface area (Å²) in [4.78, 5) is 26.6. The molecule has 0 saturated heterocycles. The van der Waals surface area contributed by atoms with Gasteiger partial charge in [-0.1, -0.05) is 0 Å². The number of nitrogens with one attached hydrogen (secondary N) is 2. The highest BCUT2D eigenvalue weighted by atomic mass is 32.1. The second kappa shape index (κ2) is 5.72. The molecular formula is C16H16N6OS. The van der Waals surface area contributed by atoms with Crippen LogP contribution in [-0.4, -0.2) is 33.9 Å². The van der Waals surface area contributed by atoms with Gasteiger partial charge in [0.15, 0.2) is 0 Å². The zero-order valence-electron chi connectivity index (χ0n) is 13.0. The van der Waals surface area contributed by atoms with Crippen LogP contribution in [0.2, 0.25) is 0 Å². The molecule has 0 spiro atoms. The van der Waals surface area contributed by atoms with Gasteiger partial charge in [-0.15, -0.1) is 11.3 Å². The smallest absolute Gasteiger partial charge is 0.263 e. The molecule has 0 bridgehead atoms. The molecule has 0 unspecified atom stereocenters. The topological polar surface area (TPSA) is 106 Å². The first-order valence-electron chi connectivity index (χ1n) is 7.66. The minimum absolute atomic E-state index is 0.218. The molecule has 0 atom stereocenters. The quantitative estimate of drug-likeness (QED) is 0.673. The lowest BCUT2D eigenvalue weighted by molar-refractivity contribution is 0.0968. The minimum atomic E-state index is -0.218. The molecule has 4 N–H and O–H groups in total. The molecule has 0 aliphatic heterocycles. The van der Waals surface area contributed by atoms with Gasteiger partial charge in [-0.2, -0.15) is 0 Å². The molecule has 3 aromatic rings. The molecule has 0 radical (unpaired) electrons. The summed E-state index contributed by atoms with van der Waals surface area (Å²) in [5.74, 6) is 0.345. The fourth-order valence-corrected chi connectivity index (χ4v) is 3.53. The molecule has 1 aliphatic carbocycles. The van der Waals surface area contributed by atoms with Gasteiger partial charge >= 0.3 is 0 Å². The number of nitrogens with zero attached hydrogens (tertiary/aromatic N) is 3. The van der Waals surface area contributed by atoms with Gasteiger partial charge in [0.2, 0.25) is 5.95 Å². The largest absolute Gasteiger partial charge is 0.397 e. The van der Waals surface area contributed by atoms with Crippen LogP contribution in [0, 0.1) is 0 Å². The summed E-state index contributed by atoms with van der Waals surface area (Å²) in [6, 6.07) is 4.20. The molecule has 24 heavy (non-hydrogen) atoms. The Balaban J connectivity index is 1.95. The Morgan fingerprint density at radius 1 is 1.38 bits per heavy atom. The summed E-state index contributed by atoms with van der Waals surface area (Å²) in [5.41, 5.74) is 8.19. The number of fused-ring (bicyclic) bond motifs is 1. The molecule has 4 rings (SSSR count). The number of nitrogen functional groups attached to an aromatic ring is 1. The van der Waals surface area contributed by atoms with Gasteiger partial charge in [0.25, 0.3) is 5.91 Å². The molecule has 1 amide bonds. The summed E-state index contributed by atoms with van der Waals surface area (Å²) in [7, 11) is 1.58. The monoisotopic (exact) mass is 340 g/mol. The van der Waals surface area contributed by atoms with E-state index in [0.717, 1.165) is 18.4 Å². The lowest BCUT2D eigenvalue weighted by Gasteiger charge is -2.08. The van der Waals surface area contributed by atoms with E-state index in [1.165, 1.54) is 11.3 Å². The van der Waals surface area contributed by atoms with E-state index in [0.29, 0.717) is 38.5 Å². The summed E-state index contributed by atoms with van der Waals surface area (Å²) in [6.45, 7) is 0. The molecule has 122 valence electrons. The Labute approximate surface area is 142 Å². The number of aromatic nitrogens is 3. The number of hydrogen-bond donors (Lipinski definition) is 3. The summed E-state index contributed by atoms with van der Waals surface area (Å²) < 4.78 is 0. The van der Waals surface area contributed by atoms with Gasteiger partial charge in [0.1, 0.15) is 9.71 Å². The van der Waals surface area contributed by atoms with Gasteiger partial charge in [-0.3, -0.25) is 9.78 Å². The predicted molar refractivity (Wildman–Crippen MR) is 95.1 cm³/mol. The zero-order valence-corrected chi connectivity index (χ0v) is 13.9. The molecule has 1 saturated carbocycles. The van der Waals surface area contributed by atoms with Crippen molar-refractivity contribution in [2.45, 2.75) is 18.9 Å². The third kappa shape index (κ3) is 2.54. The van der Waals surface area contributed by atoms with E-state index in [1.54, 1.807) is 19.4 Å². The molecule has 3 aromatic heterocycles. The van der Waals surface area contributed by atoms with Crippen molar-refractivity contribution in [1.29, 1.82) is 0 Å². The van der Waals surface area contributed by atoms with Crippen molar-refractivity contribution in [1.82, 2.24) is 20.3 Å². The van der Waals surface area contributed by atoms with Crippen LogP contribution in [0.15, 0.2) is 24.5 Å². The van der Waals surface area contributed by atoms with E-state index >= 15 is 0 Å². The highest BCUT2D eigenvalue weighted by molar-refractivity contribution is 7.21. The summed E-state index contributed by atoms with van der Waals surface area (Å²) in [5, 5.41) is 6.63. The van der Waals surface area contributed by atoms with Crippen molar-refractivity contribution in [3.8, 4) is 11.3 Å². The van der Waals surface area contributed by atoms with Crippen molar-refractivity contribution in [2.24, 2.45) is 0 Å². The maximum atomic E-state index is 12.1. The minimum Gasteiger partial charge on any atom is -0.397 e. The molecular weight excluding hydrogens is 324 g/mol. The Hall–Kier alpha value is -2.74. The van der Waals surface area contributed by atoms with Crippen LogP contribution in [-0.2, 0) is 0 Å². The highest BCUT2D eigenvalue weighted by Gasteiger charge is 2.25. The van der Waals surface area contributed by atoms with E-state index in [-0.39, 0.29) is 5.91 Å². The Morgan fingerprint density at radius 3 is 2.88 bits per heavy atom. The lowest BCUT2D eigenvalue weighted by Crippen LogP contribution is -2.17. The number of pyridine rings is 1. The second-order valence-electron chi connectivity index (χ2n) is 5.66. The van der Waals surface area contributed by atoms with Gasteiger partial charge in [0, 0.05) is 31.0 Å². The van der Waals surface area contributed by atoms with Crippen molar-refractivity contribution >= 4 is 39.1 Å². The first-order valence-corrected chi connectivity index (χ1v) is 8.48. The van der Waals surface area contributed by atoms with Crippen molar-refractivity contribution < 1.29 is 4.79 Å². The summed E-state index contributed by atoms with van der Waals surface area (Å²) >= 11 is 1.28. The number of carbonyl (C=O) groups excluding carboxylic acids is 1. The van der Waals surface area contributed by atoms with E-state index in [2.05, 4.69) is 25.6 Å². The standard InChI is InChI=1S/C16H16N6OS/c1-18-14(23)13-11(17)10-12(8-3-2-6-19-7-8)21-16(20-9-4-5-9)22-15(10)24-13/h2-3,6-7,9H,4-5,17H2,1H3,(H,18,23)(H,20,21,22). The third-order valence-electron chi connectivity index (χ3n) is 3.87. The average molecular weight is 340 g/mol. The highest BCUT2D eigenvalue weighted by Crippen LogP contribution is 2.39. The van der Waals surface area contributed by atoms with Gasteiger partial charge in [-0.25, -0.2) is 9.97 Å². The fourth-order valence-electron chi connectivity index (χ4n) is 2.49. The van der Waals surface area contributed by atoms with Gasteiger partial charge < -0.3 is 16.4 Å². The van der Waals surface area contributed by atoms with E-state index < -0.39 is 0 Å². The lowest BCUT2D eigenvalue weighted by atomic mass is 10.1. The van der Waals surface area contributed by atoms with Crippen LogP contribution in [0.1, 0.15) is 22.5 Å². The van der Waals surface area contributed by atoms with Gasteiger partial charge in [0.05, 0.1) is 16.8 Å². The van der Waals surface area contributed by atoms with Crippen molar-refractivity contribution in [3.05, 3.63) is 29.4 Å². The number of rotatable bonds is 4. The van der Waals surface area contributed by atoms with E-state index in [4.69, 9.17) is 5.73 Å². The predicted octanol–water partition coefficient (Wildman–Crippen LogP) is 2.27. The van der Waals surface area contributed by atoms with Crippen LogP contribution >= 0.6 is 11.3 Å².